The molecule has 3 aromatic rings. The number of ether oxygens (including phenoxy) is 2. The third-order valence-corrected chi connectivity index (χ3v) is 5.30. The molecule has 0 spiro atoms. The molecule has 0 aliphatic rings. The van der Waals surface area contributed by atoms with E-state index in [-0.39, 0.29) is 0 Å². The highest BCUT2D eigenvalue weighted by Crippen LogP contribution is 2.29. The fourth-order valence-electron chi connectivity index (χ4n) is 3.40. The van der Waals surface area contributed by atoms with Crippen molar-refractivity contribution >= 4 is 16.6 Å². The molecule has 0 bridgehead atoms. The van der Waals surface area contributed by atoms with E-state index in [4.69, 9.17) is 14.5 Å². The molecule has 0 aliphatic heterocycles. The van der Waals surface area contributed by atoms with Gasteiger partial charge in [-0.2, -0.15) is 0 Å². The summed E-state index contributed by atoms with van der Waals surface area (Å²) in [5.41, 5.74) is 1.88. The van der Waals surface area contributed by atoms with E-state index in [9.17, 15) is 0 Å². The Hall–Kier alpha value is -2.70. The number of nitrogens with zero attached hydrogens (tertiary/aromatic N) is 4. The van der Waals surface area contributed by atoms with Gasteiger partial charge in [-0.25, -0.2) is 9.97 Å². The van der Waals surface area contributed by atoms with Crippen LogP contribution in [0.15, 0.2) is 48.7 Å². The lowest BCUT2D eigenvalue weighted by molar-refractivity contribution is 0.144. The quantitative estimate of drug-likeness (QED) is 0.445. The van der Waals surface area contributed by atoms with Crippen LogP contribution in [0.2, 0.25) is 0 Å². The normalized spacial score (nSPS) is 11.2. The Morgan fingerprint density at radius 1 is 0.967 bits per heavy atom. The smallest absolute Gasteiger partial charge is 0.213 e. The molecule has 0 atom stereocenters. The second kappa shape index (κ2) is 10.9. The summed E-state index contributed by atoms with van der Waals surface area (Å²) in [5.74, 6) is 1.59. The minimum Gasteiger partial charge on any atom is -0.475 e. The van der Waals surface area contributed by atoms with Gasteiger partial charge in [0.05, 0.1) is 12.3 Å². The average Bonchev–Trinajstić information content (AvgIpc) is 2.79. The lowest BCUT2D eigenvalue weighted by Gasteiger charge is -2.25. The molecule has 1 aromatic carbocycles. The first-order valence-electron chi connectivity index (χ1n) is 10.6. The van der Waals surface area contributed by atoms with Gasteiger partial charge >= 0.3 is 0 Å². The summed E-state index contributed by atoms with van der Waals surface area (Å²) in [5, 5.41) is 2.34. The molecule has 6 nitrogen and oxygen atoms in total. The Kier molecular flexibility index (Phi) is 7.99. The van der Waals surface area contributed by atoms with Gasteiger partial charge in [-0.3, -0.25) is 0 Å². The lowest BCUT2D eigenvalue weighted by atomic mass is 10.1. The summed E-state index contributed by atoms with van der Waals surface area (Å²) in [7, 11) is 3.77. The van der Waals surface area contributed by atoms with E-state index in [1.165, 1.54) is 5.39 Å². The highest BCUT2D eigenvalue weighted by Gasteiger charge is 2.13. The molecule has 0 fully saturated rings. The van der Waals surface area contributed by atoms with Crippen LogP contribution in [-0.2, 0) is 4.74 Å². The van der Waals surface area contributed by atoms with Gasteiger partial charge in [-0.1, -0.05) is 38.1 Å². The first-order valence-corrected chi connectivity index (χ1v) is 10.6. The van der Waals surface area contributed by atoms with E-state index >= 15 is 0 Å². The SMILES string of the molecule is CCN(CC)CCN(C)c1nc(-c2ccc(OCCOC)nc2)cc2ccccc12. The molecule has 0 amide bonds. The molecule has 2 aromatic heterocycles. The van der Waals surface area contributed by atoms with Gasteiger partial charge in [0, 0.05) is 50.5 Å². The Morgan fingerprint density at radius 2 is 1.77 bits per heavy atom. The predicted octanol–water partition coefficient (Wildman–Crippen LogP) is 4.10. The Balaban J connectivity index is 1.87. The highest BCUT2D eigenvalue weighted by molar-refractivity contribution is 5.94. The van der Waals surface area contributed by atoms with Crippen molar-refractivity contribution in [1.82, 2.24) is 14.9 Å². The third kappa shape index (κ3) is 5.46. The Bertz CT molecular complexity index is 926. The van der Waals surface area contributed by atoms with Gasteiger partial charge in [-0.05, 0) is 30.6 Å². The van der Waals surface area contributed by atoms with Crippen LogP contribution in [0.3, 0.4) is 0 Å². The number of hydrogen-bond donors (Lipinski definition) is 0. The van der Waals surface area contributed by atoms with Crippen molar-refractivity contribution < 1.29 is 9.47 Å². The molecule has 0 radical (unpaired) electrons. The standard InChI is InChI=1S/C24H32N4O2/c1-5-28(6-2)14-13-27(3)24-21-10-8-7-9-19(21)17-22(26-24)20-11-12-23(25-18-20)30-16-15-29-4/h7-12,17-18H,5-6,13-16H2,1-4H3. The molecule has 0 saturated heterocycles. The van der Waals surface area contributed by atoms with Crippen LogP contribution >= 0.6 is 0 Å². The molecule has 160 valence electrons. The van der Waals surface area contributed by atoms with Crippen LogP contribution in [0.4, 0.5) is 5.82 Å². The minimum absolute atomic E-state index is 0.485. The number of anilines is 1. The first kappa shape index (κ1) is 22.0. The predicted molar refractivity (Wildman–Crippen MR) is 123 cm³/mol. The zero-order valence-electron chi connectivity index (χ0n) is 18.5. The fraction of sp³-hybridized carbons (Fsp3) is 0.417. The van der Waals surface area contributed by atoms with Gasteiger partial charge in [0.15, 0.2) is 0 Å². The zero-order chi connectivity index (χ0) is 21.3. The number of methoxy groups -OCH3 is 1. The summed E-state index contributed by atoms with van der Waals surface area (Å²) in [4.78, 5) is 14.1. The Morgan fingerprint density at radius 3 is 2.47 bits per heavy atom. The third-order valence-electron chi connectivity index (χ3n) is 5.30. The topological polar surface area (TPSA) is 50.7 Å². The number of aromatic nitrogens is 2. The number of benzene rings is 1. The molecular formula is C24H32N4O2. The van der Waals surface area contributed by atoms with Crippen molar-refractivity contribution in [3.63, 3.8) is 0 Å². The molecule has 2 heterocycles. The van der Waals surface area contributed by atoms with Gasteiger partial charge in [0.1, 0.15) is 12.4 Å². The summed E-state index contributed by atoms with van der Waals surface area (Å²) in [6, 6.07) is 14.4. The molecular weight excluding hydrogens is 376 g/mol. The summed E-state index contributed by atoms with van der Waals surface area (Å²) in [6.07, 6.45) is 1.82. The number of likely N-dealkylation sites (N-methyl/N-ethyl adjacent to an activating group) is 2. The largest absolute Gasteiger partial charge is 0.475 e. The van der Waals surface area contributed by atoms with Gasteiger partial charge in [-0.15, -0.1) is 0 Å². The minimum atomic E-state index is 0.485. The second-order valence-electron chi connectivity index (χ2n) is 7.23. The number of hydrogen-bond acceptors (Lipinski definition) is 6. The van der Waals surface area contributed by atoms with E-state index in [1.54, 1.807) is 7.11 Å². The maximum absolute atomic E-state index is 5.58. The van der Waals surface area contributed by atoms with Gasteiger partial charge in [0.25, 0.3) is 0 Å². The van der Waals surface area contributed by atoms with Crippen LogP contribution in [0, 0.1) is 0 Å². The summed E-state index contributed by atoms with van der Waals surface area (Å²) >= 11 is 0. The summed E-state index contributed by atoms with van der Waals surface area (Å²) in [6.45, 7) is 9.48. The molecule has 0 unspecified atom stereocenters. The number of fused-ring (bicyclic) bond motifs is 1. The monoisotopic (exact) mass is 408 g/mol. The Labute approximate surface area is 179 Å². The van der Waals surface area contributed by atoms with E-state index < -0.39 is 0 Å². The van der Waals surface area contributed by atoms with Crippen molar-refractivity contribution in [1.29, 1.82) is 0 Å². The maximum Gasteiger partial charge on any atom is 0.213 e. The van der Waals surface area contributed by atoms with Crippen LogP contribution in [0.1, 0.15) is 13.8 Å². The number of rotatable bonds is 11. The molecule has 3 rings (SSSR count). The van der Waals surface area contributed by atoms with Crippen LogP contribution in [-0.4, -0.2) is 68.4 Å². The first-order chi connectivity index (χ1) is 14.7. The molecule has 0 saturated carbocycles. The van der Waals surface area contributed by atoms with Crippen LogP contribution in [0.5, 0.6) is 5.88 Å². The lowest BCUT2D eigenvalue weighted by Crippen LogP contribution is -2.33. The molecule has 0 N–H and O–H groups in total. The van der Waals surface area contributed by atoms with E-state index in [0.717, 1.165) is 48.6 Å². The van der Waals surface area contributed by atoms with Crippen LogP contribution in [0.25, 0.3) is 22.0 Å². The molecule has 6 heteroatoms. The van der Waals surface area contributed by atoms with E-state index in [2.05, 4.69) is 66.0 Å². The van der Waals surface area contributed by atoms with Gasteiger partial charge < -0.3 is 19.3 Å². The highest BCUT2D eigenvalue weighted by atomic mass is 16.5. The van der Waals surface area contributed by atoms with E-state index in [1.807, 2.05) is 18.3 Å². The maximum atomic E-state index is 5.58. The van der Waals surface area contributed by atoms with Gasteiger partial charge in [0.2, 0.25) is 5.88 Å². The fourth-order valence-corrected chi connectivity index (χ4v) is 3.40. The van der Waals surface area contributed by atoms with Crippen molar-refractivity contribution in [3.05, 3.63) is 48.7 Å². The second-order valence-corrected chi connectivity index (χ2v) is 7.23. The van der Waals surface area contributed by atoms with Crippen molar-refractivity contribution in [2.75, 3.05) is 58.5 Å². The van der Waals surface area contributed by atoms with Crippen molar-refractivity contribution in [2.45, 2.75) is 13.8 Å². The number of pyridine rings is 2. The zero-order valence-corrected chi connectivity index (χ0v) is 18.5. The average molecular weight is 409 g/mol. The summed E-state index contributed by atoms with van der Waals surface area (Å²) < 4.78 is 10.6. The van der Waals surface area contributed by atoms with Crippen molar-refractivity contribution in [3.8, 4) is 17.1 Å². The van der Waals surface area contributed by atoms with E-state index in [0.29, 0.717) is 19.1 Å². The van der Waals surface area contributed by atoms with Crippen molar-refractivity contribution in [2.24, 2.45) is 0 Å². The molecule has 30 heavy (non-hydrogen) atoms. The molecule has 0 aliphatic carbocycles. The van der Waals surface area contributed by atoms with Crippen LogP contribution < -0.4 is 9.64 Å².